The molecule has 0 fully saturated rings. The van der Waals surface area contributed by atoms with E-state index in [0.29, 0.717) is 98.4 Å². The second-order valence-electron chi connectivity index (χ2n) is 21.6. The standard InChI is InChI=1S/C63H70N4O13S/c1-4-24-77-26-27-78-25-23-64(21-9-13-51(68)14-10-22-65-60(69)19-20-61(65)70)50-30-42(38-79-57-35-44-17-18-49-33-45-11-5-7-15-54(45)66(49)62(71)52(44)28-41(57)2)29-43(31-50)39-80-59-36-47-32-48(40-81(73,74)75)56-34-46-12-6-8-16-55(46)67(56)63(72)53(47)37-58(59)76-3/h5-8,11-12,15-16,19-20,28-31,35-37,48-49,56H,4,9-10,13-14,17-18,21-27,32-34,38-40H2,1-3H3,(H,73,74,75)/t48?,49-,56+/m1/s1. The van der Waals surface area contributed by atoms with Crippen LogP contribution in [0.4, 0.5) is 17.1 Å². The molecule has 5 aliphatic heterocycles. The van der Waals surface area contributed by atoms with Crippen molar-refractivity contribution in [2.24, 2.45) is 5.92 Å². The van der Waals surface area contributed by atoms with Crippen LogP contribution in [0, 0.1) is 12.8 Å². The second-order valence-corrected chi connectivity index (χ2v) is 23.1. The van der Waals surface area contributed by atoms with Crippen LogP contribution in [0.5, 0.6) is 17.2 Å². The van der Waals surface area contributed by atoms with Crippen LogP contribution >= 0.6 is 0 Å². The van der Waals surface area contributed by atoms with E-state index in [-0.39, 0.29) is 74.5 Å². The van der Waals surface area contributed by atoms with E-state index in [4.69, 9.17) is 23.7 Å². The summed E-state index contributed by atoms with van der Waals surface area (Å²) in [5.74, 6) is -0.871. The van der Waals surface area contributed by atoms with Gasteiger partial charge in [0.1, 0.15) is 24.7 Å². The number of ketones is 1. The summed E-state index contributed by atoms with van der Waals surface area (Å²) in [6.07, 6.45) is 7.75. The fourth-order valence-electron chi connectivity index (χ4n) is 12.1. The first-order valence-electron chi connectivity index (χ1n) is 28.1. The molecule has 0 radical (unpaired) electrons. The van der Waals surface area contributed by atoms with Gasteiger partial charge in [-0.15, -0.1) is 0 Å². The summed E-state index contributed by atoms with van der Waals surface area (Å²) in [6.45, 7) is 7.20. The van der Waals surface area contributed by atoms with Gasteiger partial charge in [-0.3, -0.25) is 33.4 Å². The van der Waals surface area contributed by atoms with Crippen molar-refractivity contribution in [1.82, 2.24) is 4.90 Å². The van der Waals surface area contributed by atoms with Gasteiger partial charge in [-0.25, -0.2) is 0 Å². The van der Waals surface area contributed by atoms with Crippen molar-refractivity contribution in [3.63, 3.8) is 0 Å². The number of ether oxygens (including phenoxy) is 5. The van der Waals surface area contributed by atoms with Gasteiger partial charge in [0.25, 0.3) is 33.7 Å². The molecule has 4 amide bonds. The molecule has 1 unspecified atom stereocenters. The number of anilines is 3. The van der Waals surface area contributed by atoms with Crippen molar-refractivity contribution in [1.29, 1.82) is 0 Å². The van der Waals surface area contributed by atoms with Gasteiger partial charge >= 0.3 is 0 Å². The molecule has 5 aliphatic rings. The number of carbonyl (C=O) groups excluding carboxylic acids is 5. The second kappa shape index (κ2) is 25.2. The maximum Gasteiger partial charge on any atom is 0.265 e. The zero-order chi connectivity index (χ0) is 56.8. The molecule has 81 heavy (non-hydrogen) atoms. The maximum atomic E-state index is 14.6. The normalized spacial score (nSPS) is 18.0. The largest absolute Gasteiger partial charge is 0.493 e. The lowest BCUT2D eigenvalue weighted by atomic mass is 9.91. The molecule has 0 spiro atoms. The van der Waals surface area contributed by atoms with Gasteiger partial charge in [-0.05, 0) is 152 Å². The number of hydrogen-bond acceptors (Lipinski definition) is 13. The van der Waals surface area contributed by atoms with E-state index in [0.717, 1.165) is 69.8 Å². The number of fused-ring (bicyclic) bond motifs is 8. The number of Topliss-reactive ketones (excluding diaryl/α,β-unsaturated/α-hetero) is 1. The maximum absolute atomic E-state index is 14.6. The Kier molecular flexibility index (Phi) is 17.7. The predicted molar refractivity (Wildman–Crippen MR) is 306 cm³/mol. The quantitative estimate of drug-likeness (QED) is 0.0314. The van der Waals surface area contributed by atoms with E-state index in [1.165, 1.54) is 24.8 Å². The number of methoxy groups -OCH3 is 1. The average Bonchev–Trinajstić information content (AvgIpc) is 3.86. The third-order valence-electron chi connectivity index (χ3n) is 16.0. The van der Waals surface area contributed by atoms with Crippen LogP contribution in [0.3, 0.4) is 0 Å². The number of hydrogen-bond donors (Lipinski definition) is 1. The first-order valence-corrected chi connectivity index (χ1v) is 29.7. The first-order chi connectivity index (χ1) is 39.2. The van der Waals surface area contributed by atoms with Gasteiger partial charge in [0.05, 0.1) is 32.7 Å². The van der Waals surface area contributed by atoms with Crippen molar-refractivity contribution < 1.29 is 60.6 Å². The molecule has 5 aromatic rings. The molecule has 426 valence electrons. The predicted octanol–water partition coefficient (Wildman–Crippen LogP) is 8.62. The molecule has 0 aliphatic carbocycles. The molecule has 0 saturated heterocycles. The Balaban J connectivity index is 0.926. The zero-order valence-corrected chi connectivity index (χ0v) is 47.0. The van der Waals surface area contributed by atoms with Crippen molar-refractivity contribution in [3.05, 3.63) is 153 Å². The molecule has 3 atom stereocenters. The summed E-state index contributed by atoms with van der Waals surface area (Å²) in [6, 6.07) is 28.6. The highest BCUT2D eigenvalue weighted by Crippen LogP contribution is 2.44. The molecule has 0 bridgehead atoms. The number of para-hydroxylation sites is 2. The third kappa shape index (κ3) is 13.0. The summed E-state index contributed by atoms with van der Waals surface area (Å²) < 4.78 is 66.2. The monoisotopic (exact) mass is 1120 g/mol. The van der Waals surface area contributed by atoms with E-state index in [2.05, 4.69) is 17.0 Å². The summed E-state index contributed by atoms with van der Waals surface area (Å²) >= 11 is 0. The van der Waals surface area contributed by atoms with Crippen LogP contribution < -0.4 is 28.9 Å². The van der Waals surface area contributed by atoms with Crippen molar-refractivity contribution in [3.8, 4) is 17.2 Å². The van der Waals surface area contributed by atoms with Gasteiger partial charge in [0.2, 0.25) is 0 Å². The van der Waals surface area contributed by atoms with Gasteiger partial charge in [0, 0.05) is 97.4 Å². The Hall–Kier alpha value is -7.38. The number of aryl methyl sites for hydroxylation is 2. The highest BCUT2D eigenvalue weighted by molar-refractivity contribution is 7.85. The number of rotatable bonds is 26. The van der Waals surface area contributed by atoms with Crippen molar-refractivity contribution in [2.45, 2.75) is 103 Å². The molecule has 17 nitrogen and oxygen atoms in total. The van der Waals surface area contributed by atoms with E-state index in [1.807, 2.05) is 85.5 Å². The molecule has 18 heteroatoms. The average molecular weight is 1120 g/mol. The number of nitrogens with zero attached hydrogens (tertiary/aromatic N) is 4. The fraction of sp³-hybridized carbons (Fsp3) is 0.413. The summed E-state index contributed by atoms with van der Waals surface area (Å²) in [7, 11) is -2.93. The minimum absolute atomic E-state index is 0.00180. The fourth-order valence-corrected chi connectivity index (χ4v) is 13.0. The summed E-state index contributed by atoms with van der Waals surface area (Å²) in [5.41, 5.74) is 9.56. The van der Waals surface area contributed by atoms with E-state index >= 15 is 0 Å². The van der Waals surface area contributed by atoms with E-state index in [1.54, 1.807) is 17.0 Å². The Labute approximate surface area is 473 Å². The van der Waals surface area contributed by atoms with Gasteiger partial charge in [0.15, 0.2) is 11.5 Å². The summed E-state index contributed by atoms with van der Waals surface area (Å²) in [5, 5.41) is 0. The zero-order valence-electron chi connectivity index (χ0n) is 46.2. The van der Waals surface area contributed by atoms with Crippen LogP contribution in [-0.2, 0) is 72.9 Å². The van der Waals surface area contributed by atoms with Crippen LogP contribution in [0.15, 0.2) is 103 Å². The molecular weight excluding hydrogens is 1050 g/mol. The van der Waals surface area contributed by atoms with Crippen LogP contribution in [0.1, 0.15) is 105 Å². The highest BCUT2D eigenvalue weighted by atomic mass is 32.2. The molecule has 0 aromatic heterocycles. The Morgan fingerprint density at radius 1 is 0.679 bits per heavy atom. The Morgan fingerprint density at radius 2 is 1.31 bits per heavy atom. The van der Waals surface area contributed by atoms with Crippen LogP contribution in [0.2, 0.25) is 0 Å². The molecule has 5 aromatic carbocycles. The highest BCUT2D eigenvalue weighted by Gasteiger charge is 2.44. The van der Waals surface area contributed by atoms with Gasteiger partial charge < -0.3 is 38.4 Å². The number of carbonyl (C=O) groups is 5. The topological polar surface area (TPSA) is 199 Å². The van der Waals surface area contributed by atoms with E-state index < -0.39 is 27.8 Å². The molecule has 10 rings (SSSR count). The number of amides is 4. The van der Waals surface area contributed by atoms with Gasteiger partial charge in [-0.2, -0.15) is 8.42 Å². The lowest BCUT2D eigenvalue weighted by molar-refractivity contribution is -0.137. The molecule has 1 N–H and O–H groups in total. The summed E-state index contributed by atoms with van der Waals surface area (Å²) in [4.78, 5) is 73.2. The van der Waals surface area contributed by atoms with Crippen molar-refractivity contribution >= 4 is 56.6 Å². The lowest BCUT2D eigenvalue weighted by Crippen LogP contribution is -2.43. The van der Waals surface area contributed by atoms with Crippen molar-refractivity contribution in [2.75, 3.05) is 73.6 Å². The SMILES string of the molecule is CCCOCCOCCN(CCCC(=O)CCCN1C(=O)C=CC1=O)c1cc(COc2cc3c(cc2C)C(=O)N2c4ccccc4C[C@H]2CC3)cc(COc2cc3c(cc2OC)C(=O)N2c4ccccc4C[C@H]2C(CS(=O)(=O)O)C3)c1. The lowest BCUT2D eigenvalue weighted by Gasteiger charge is -2.28. The smallest absolute Gasteiger partial charge is 0.265 e. The molecule has 5 heterocycles. The molecule has 0 saturated carbocycles. The number of benzene rings is 5. The van der Waals surface area contributed by atoms with E-state index in [9.17, 15) is 36.9 Å². The Bertz CT molecular complexity index is 3340. The van der Waals surface area contributed by atoms with Crippen LogP contribution in [0.25, 0.3) is 0 Å². The van der Waals surface area contributed by atoms with Gasteiger partial charge in [-0.1, -0.05) is 43.3 Å². The minimum atomic E-state index is -4.43. The number of imide groups is 1. The first kappa shape index (κ1) is 56.9. The van der Waals surface area contributed by atoms with Crippen LogP contribution in [-0.4, -0.2) is 118 Å². The molecular formula is C63H70N4O13S. The Morgan fingerprint density at radius 3 is 2.01 bits per heavy atom. The minimum Gasteiger partial charge on any atom is -0.493 e. The third-order valence-corrected chi connectivity index (χ3v) is 16.9.